The lowest BCUT2D eigenvalue weighted by Gasteiger charge is -2.18. The fourth-order valence-electron chi connectivity index (χ4n) is 11.3. The number of ether oxygens (including phenoxy) is 3. The largest absolute Gasteiger partial charge is 0.462 e. The molecule has 1 unspecified atom stereocenters. The SMILES string of the molecule is CC/C=C\C/C=C\C/C=C\C/C=C\CCCCCCCCCCCCCCCCCCC(=O)OC(COC(=O)CCCCCCCC)COC(=O)CCCCCCCCCCCCCCCCCCCCCCCCCCCCCCCC. The van der Waals surface area contributed by atoms with Crippen LogP contribution >= 0.6 is 0 Å². The lowest BCUT2D eigenvalue weighted by Crippen LogP contribution is -2.30. The molecule has 0 N–H and O–H groups in total. The van der Waals surface area contributed by atoms with E-state index in [1.54, 1.807) is 0 Å². The molecule has 0 heterocycles. The monoisotopic (exact) mass is 1160 g/mol. The summed E-state index contributed by atoms with van der Waals surface area (Å²) < 4.78 is 16.9. The van der Waals surface area contributed by atoms with Crippen LogP contribution in [-0.2, 0) is 28.6 Å². The van der Waals surface area contributed by atoms with E-state index in [2.05, 4.69) is 69.4 Å². The number of hydrogen-bond donors (Lipinski definition) is 0. The molecule has 0 saturated carbocycles. The predicted octanol–water partition coefficient (Wildman–Crippen LogP) is 25.7. The number of carbonyl (C=O) groups excluding carboxylic acids is 3. The molecule has 0 rings (SSSR count). The Hall–Kier alpha value is -2.63. The molecular formula is C77H142O6. The third-order valence-corrected chi connectivity index (χ3v) is 16.8. The Labute approximate surface area is 518 Å². The number of hydrogen-bond acceptors (Lipinski definition) is 6. The lowest BCUT2D eigenvalue weighted by atomic mass is 10.0. The van der Waals surface area contributed by atoms with Gasteiger partial charge in [-0.15, -0.1) is 0 Å². The van der Waals surface area contributed by atoms with E-state index in [4.69, 9.17) is 14.2 Å². The summed E-state index contributed by atoms with van der Waals surface area (Å²) in [6, 6.07) is 0. The Balaban J connectivity index is 3.94. The van der Waals surface area contributed by atoms with Gasteiger partial charge in [0.15, 0.2) is 6.10 Å². The number of esters is 3. The van der Waals surface area contributed by atoms with Crippen LogP contribution < -0.4 is 0 Å². The number of unbranched alkanes of at least 4 members (excludes halogenated alkanes) is 50. The van der Waals surface area contributed by atoms with Gasteiger partial charge in [0.1, 0.15) is 13.2 Å². The zero-order valence-corrected chi connectivity index (χ0v) is 56.0. The molecule has 0 aliphatic carbocycles. The van der Waals surface area contributed by atoms with Crippen molar-refractivity contribution in [1.29, 1.82) is 0 Å². The Kier molecular flexibility index (Phi) is 69.6. The van der Waals surface area contributed by atoms with E-state index in [1.165, 1.54) is 283 Å². The van der Waals surface area contributed by atoms with Crippen LogP contribution in [0, 0.1) is 0 Å². The Morgan fingerprint density at radius 2 is 0.470 bits per heavy atom. The number of allylic oxidation sites excluding steroid dienone is 8. The molecule has 6 heteroatoms. The first-order chi connectivity index (χ1) is 41.0. The minimum atomic E-state index is -0.768. The molecule has 0 spiro atoms. The summed E-state index contributed by atoms with van der Waals surface area (Å²) in [5.74, 6) is -0.850. The minimum Gasteiger partial charge on any atom is -0.462 e. The average molecular weight is 1160 g/mol. The van der Waals surface area contributed by atoms with Gasteiger partial charge in [0, 0.05) is 19.3 Å². The predicted molar refractivity (Wildman–Crippen MR) is 362 cm³/mol. The van der Waals surface area contributed by atoms with Crippen LogP contribution in [-0.4, -0.2) is 37.2 Å². The van der Waals surface area contributed by atoms with Crippen LogP contribution in [0.2, 0.25) is 0 Å². The molecular weight excluding hydrogens is 1020 g/mol. The quantitative estimate of drug-likeness (QED) is 0.0261. The van der Waals surface area contributed by atoms with Crippen molar-refractivity contribution in [3.8, 4) is 0 Å². The fourth-order valence-corrected chi connectivity index (χ4v) is 11.3. The fraction of sp³-hybridized carbons (Fsp3) is 0.857. The van der Waals surface area contributed by atoms with Crippen LogP contribution in [0.5, 0.6) is 0 Å². The van der Waals surface area contributed by atoms with Crippen molar-refractivity contribution in [2.24, 2.45) is 0 Å². The van der Waals surface area contributed by atoms with Crippen molar-refractivity contribution in [1.82, 2.24) is 0 Å². The molecule has 6 nitrogen and oxygen atoms in total. The van der Waals surface area contributed by atoms with E-state index in [1.807, 2.05) is 0 Å². The van der Waals surface area contributed by atoms with Crippen molar-refractivity contribution in [2.45, 2.75) is 412 Å². The summed E-state index contributed by atoms with van der Waals surface area (Å²) in [5, 5.41) is 0. The summed E-state index contributed by atoms with van der Waals surface area (Å²) in [5.41, 5.74) is 0. The molecule has 0 aliphatic heterocycles. The highest BCUT2D eigenvalue weighted by atomic mass is 16.6. The van der Waals surface area contributed by atoms with Gasteiger partial charge in [0.25, 0.3) is 0 Å². The highest BCUT2D eigenvalue weighted by Crippen LogP contribution is 2.19. The number of rotatable bonds is 69. The van der Waals surface area contributed by atoms with Crippen molar-refractivity contribution in [3.63, 3.8) is 0 Å². The molecule has 0 aromatic rings. The van der Waals surface area contributed by atoms with E-state index in [0.29, 0.717) is 19.3 Å². The molecule has 0 radical (unpaired) electrons. The van der Waals surface area contributed by atoms with Crippen molar-refractivity contribution in [2.75, 3.05) is 13.2 Å². The second-order valence-electron chi connectivity index (χ2n) is 25.2. The van der Waals surface area contributed by atoms with Crippen LogP contribution in [0.3, 0.4) is 0 Å². The first-order valence-corrected chi connectivity index (χ1v) is 37.1. The van der Waals surface area contributed by atoms with E-state index in [0.717, 1.165) is 83.5 Å². The van der Waals surface area contributed by atoms with Crippen LogP contribution in [0.25, 0.3) is 0 Å². The average Bonchev–Trinajstić information content (AvgIpc) is 3.48. The molecule has 0 amide bonds. The minimum absolute atomic E-state index is 0.0668. The molecule has 0 aromatic heterocycles. The summed E-state index contributed by atoms with van der Waals surface area (Å²) in [6.07, 6.45) is 92.1. The van der Waals surface area contributed by atoms with Gasteiger partial charge in [-0.2, -0.15) is 0 Å². The second kappa shape index (κ2) is 71.8. The van der Waals surface area contributed by atoms with E-state index in [9.17, 15) is 14.4 Å². The molecule has 0 saturated heterocycles. The first kappa shape index (κ1) is 80.4. The van der Waals surface area contributed by atoms with Crippen molar-refractivity contribution >= 4 is 17.9 Å². The molecule has 0 aromatic carbocycles. The zero-order valence-electron chi connectivity index (χ0n) is 56.0. The number of carbonyl (C=O) groups is 3. The van der Waals surface area contributed by atoms with Gasteiger partial charge < -0.3 is 14.2 Å². The van der Waals surface area contributed by atoms with E-state index in [-0.39, 0.29) is 31.1 Å². The summed E-state index contributed by atoms with van der Waals surface area (Å²) in [6.45, 7) is 6.54. The Morgan fingerprint density at radius 3 is 0.735 bits per heavy atom. The molecule has 0 bridgehead atoms. The summed E-state index contributed by atoms with van der Waals surface area (Å²) in [7, 11) is 0. The molecule has 0 fully saturated rings. The standard InChI is InChI=1S/C77H142O6/c1-4-7-10-13-16-18-20-22-24-26-28-30-32-34-36-38-40-41-43-45-47-49-51-53-55-57-59-61-64-67-70-76(79)82-73-74(72-81-75(78)69-66-63-15-12-9-6-3)83-77(80)71-68-65-62-60-58-56-54-52-50-48-46-44-42-39-37-35-33-31-29-27-25-23-21-19-17-14-11-8-5-2/h8,11,17,19,23,25,29,31,74H,4-7,9-10,12-16,18,20-22,24,26-28,30,32-73H2,1-3H3/b11-8-,19-17-,25-23-,31-29-. The van der Waals surface area contributed by atoms with E-state index < -0.39 is 6.10 Å². The Bertz CT molecular complexity index is 1430. The van der Waals surface area contributed by atoms with Gasteiger partial charge in [-0.3, -0.25) is 14.4 Å². The lowest BCUT2D eigenvalue weighted by molar-refractivity contribution is -0.167. The zero-order chi connectivity index (χ0) is 59.9. The molecule has 83 heavy (non-hydrogen) atoms. The van der Waals surface area contributed by atoms with Gasteiger partial charge in [-0.05, 0) is 57.8 Å². The van der Waals surface area contributed by atoms with Gasteiger partial charge >= 0.3 is 17.9 Å². The van der Waals surface area contributed by atoms with Crippen LogP contribution in [0.1, 0.15) is 406 Å². The van der Waals surface area contributed by atoms with Gasteiger partial charge in [0.2, 0.25) is 0 Å². The highest BCUT2D eigenvalue weighted by molar-refractivity contribution is 5.71. The third-order valence-electron chi connectivity index (χ3n) is 16.8. The maximum absolute atomic E-state index is 12.9. The second-order valence-corrected chi connectivity index (χ2v) is 25.2. The van der Waals surface area contributed by atoms with E-state index >= 15 is 0 Å². The van der Waals surface area contributed by atoms with Crippen LogP contribution in [0.15, 0.2) is 48.6 Å². The molecule has 486 valence electrons. The van der Waals surface area contributed by atoms with Gasteiger partial charge in [-0.25, -0.2) is 0 Å². The maximum Gasteiger partial charge on any atom is 0.306 e. The molecule has 0 aliphatic rings. The van der Waals surface area contributed by atoms with Gasteiger partial charge in [-0.1, -0.05) is 378 Å². The normalized spacial score (nSPS) is 12.3. The summed E-state index contributed by atoms with van der Waals surface area (Å²) >= 11 is 0. The van der Waals surface area contributed by atoms with Crippen LogP contribution in [0.4, 0.5) is 0 Å². The molecule has 1 atom stereocenters. The van der Waals surface area contributed by atoms with Gasteiger partial charge in [0.05, 0.1) is 0 Å². The smallest absolute Gasteiger partial charge is 0.306 e. The topological polar surface area (TPSA) is 78.9 Å². The Morgan fingerprint density at radius 1 is 0.253 bits per heavy atom. The summed E-state index contributed by atoms with van der Waals surface area (Å²) in [4.78, 5) is 38.2. The highest BCUT2D eigenvalue weighted by Gasteiger charge is 2.19. The third kappa shape index (κ3) is 70.0. The first-order valence-electron chi connectivity index (χ1n) is 37.1. The van der Waals surface area contributed by atoms with Crippen molar-refractivity contribution in [3.05, 3.63) is 48.6 Å². The van der Waals surface area contributed by atoms with Crippen molar-refractivity contribution < 1.29 is 28.6 Å². The maximum atomic E-state index is 12.9.